The van der Waals surface area contributed by atoms with Crippen LogP contribution < -0.4 is 0 Å². The summed E-state index contributed by atoms with van der Waals surface area (Å²) >= 11 is 5.80. The normalized spacial score (nSPS) is 10.2. The summed E-state index contributed by atoms with van der Waals surface area (Å²) in [6.07, 6.45) is 0. The summed E-state index contributed by atoms with van der Waals surface area (Å²) in [6.45, 7) is 0. The Bertz CT molecular complexity index is 587. The van der Waals surface area contributed by atoms with E-state index in [-0.39, 0.29) is 22.5 Å². The number of benzene rings is 1. The van der Waals surface area contributed by atoms with E-state index in [1.807, 2.05) is 0 Å². The highest BCUT2D eigenvalue weighted by molar-refractivity contribution is 6.29. The molecule has 2 aromatic rings. The molecule has 1 heterocycles. The van der Waals surface area contributed by atoms with Crippen LogP contribution in [0.4, 0.5) is 4.39 Å². The Morgan fingerprint density at radius 3 is 2.56 bits per heavy atom. The zero-order chi connectivity index (χ0) is 13.1. The van der Waals surface area contributed by atoms with Gasteiger partial charge in [0.15, 0.2) is 11.5 Å². The molecule has 0 radical (unpaired) electrons. The molecule has 0 aliphatic carbocycles. The van der Waals surface area contributed by atoms with E-state index in [2.05, 4.69) is 14.7 Å². The van der Waals surface area contributed by atoms with Gasteiger partial charge in [-0.3, -0.25) is 0 Å². The van der Waals surface area contributed by atoms with Gasteiger partial charge in [0, 0.05) is 11.6 Å². The van der Waals surface area contributed by atoms with Crippen molar-refractivity contribution < 1.29 is 13.9 Å². The van der Waals surface area contributed by atoms with Crippen LogP contribution in [0.25, 0.3) is 11.4 Å². The van der Waals surface area contributed by atoms with Crippen LogP contribution in [0.5, 0.6) is 0 Å². The fourth-order valence-electron chi connectivity index (χ4n) is 1.35. The Balaban J connectivity index is 2.48. The zero-order valence-electron chi connectivity index (χ0n) is 9.35. The SMILES string of the molecule is COC(=O)c1cc(Cl)nc(-c2ccc(F)cc2)n1. The fraction of sp³-hybridized carbons (Fsp3) is 0.0833. The number of carbonyl (C=O) groups is 1. The highest BCUT2D eigenvalue weighted by Gasteiger charge is 2.12. The molecule has 1 aromatic heterocycles. The maximum Gasteiger partial charge on any atom is 0.356 e. The minimum atomic E-state index is -0.609. The number of halogens is 2. The van der Waals surface area contributed by atoms with Gasteiger partial charge < -0.3 is 4.74 Å². The van der Waals surface area contributed by atoms with Crippen molar-refractivity contribution in [3.05, 3.63) is 47.0 Å². The minimum Gasteiger partial charge on any atom is -0.464 e. The Morgan fingerprint density at radius 2 is 1.94 bits per heavy atom. The average molecular weight is 267 g/mol. The third-order valence-corrected chi connectivity index (χ3v) is 2.39. The lowest BCUT2D eigenvalue weighted by Gasteiger charge is -2.03. The summed E-state index contributed by atoms with van der Waals surface area (Å²) in [5, 5.41) is 0.115. The number of ether oxygens (including phenoxy) is 1. The van der Waals surface area contributed by atoms with E-state index in [9.17, 15) is 9.18 Å². The molecular weight excluding hydrogens is 259 g/mol. The molecule has 0 amide bonds. The minimum absolute atomic E-state index is 0.0526. The molecule has 6 heteroatoms. The number of esters is 1. The van der Waals surface area contributed by atoms with Crippen LogP contribution in [-0.4, -0.2) is 23.0 Å². The number of nitrogens with zero attached hydrogens (tertiary/aromatic N) is 2. The molecule has 1 aromatic carbocycles. The van der Waals surface area contributed by atoms with Gasteiger partial charge in [-0.25, -0.2) is 19.2 Å². The van der Waals surface area contributed by atoms with E-state index < -0.39 is 5.97 Å². The second kappa shape index (κ2) is 5.10. The van der Waals surface area contributed by atoms with Crippen molar-refractivity contribution in [3.63, 3.8) is 0 Å². The van der Waals surface area contributed by atoms with Crippen molar-refractivity contribution in [2.75, 3.05) is 7.11 Å². The molecular formula is C12H8ClFN2O2. The van der Waals surface area contributed by atoms with Crippen LogP contribution in [0.15, 0.2) is 30.3 Å². The third-order valence-electron chi connectivity index (χ3n) is 2.19. The first-order valence-corrected chi connectivity index (χ1v) is 5.37. The van der Waals surface area contributed by atoms with Crippen LogP contribution in [0.3, 0.4) is 0 Å². The first-order valence-electron chi connectivity index (χ1n) is 4.99. The molecule has 0 fully saturated rings. The Hall–Kier alpha value is -2.01. The molecule has 0 unspecified atom stereocenters. The maximum atomic E-state index is 12.8. The predicted molar refractivity (Wildman–Crippen MR) is 63.8 cm³/mol. The first-order chi connectivity index (χ1) is 8.60. The number of methoxy groups -OCH3 is 1. The molecule has 0 saturated carbocycles. The lowest BCUT2D eigenvalue weighted by Crippen LogP contribution is -2.06. The second-order valence-electron chi connectivity index (χ2n) is 3.40. The molecule has 0 aliphatic rings. The van der Waals surface area contributed by atoms with E-state index >= 15 is 0 Å². The lowest BCUT2D eigenvalue weighted by atomic mass is 10.2. The predicted octanol–water partition coefficient (Wildman–Crippen LogP) is 2.72. The Labute approximate surface area is 107 Å². The van der Waals surface area contributed by atoms with Crippen LogP contribution >= 0.6 is 11.6 Å². The second-order valence-corrected chi connectivity index (χ2v) is 3.79. The number of rotatable bonds is 2. The summed E-state index contributed by atoms with van der Waals surface area (Å²) in [7, 11) is 1.25. The molecule has 0 aliphatic heterocycles. The van der Waals surface area contributed by atoms with Gasteiger partial charge in [0.2, 0.25) is 0 Å². The van der Waals surface area contributed by atoms with Crippen molar-refractivity contribution in [1.29, 1.82) is 0 Å². The number of aromatic nitrogens is 2. The van der Waals surface area contributed by atoms with Crippen molar-refractivity contribution in [2.24, 2.45) is 0 Å². The Kier molecular flexibility index (Phi) is 3.53. The van der Waals surface area contributed by atoms with Crippen LogP contribution in [0, 0.1) is 5.82 Å². The van der Waals surface area contributed by atoms with Gasteiger partial charge in [0.05, 0.1) is 7.11 Å². The van der Waals surface area contributed by atoms with Gasteiger partial charge in [0.1, 0.15) is 11.0 Å². The Morgan fingerprint density at radius 1 is 1.28 bits per heavy atom. The highest BCUT2D eigenvalue weighted by atomic mass is 35.5. The summed E-state index contributed by atoms with van der Waals surface area (Å²) in [5.74, 6) is -0.737. The number of carbonyl (C=O) groups excluding carboxylic acids is 1. The monoisotopic (exact) mass is 266 g/mol. The maximum absolute atomic E-state index is 12.8. The summed E-state index contributed by atoms with van der Waals surface area (Å²) in [6, 6.07) is 6.86. The molecule has 0 N–H and O–H groups in total. The zero-order valence-corrected chi connectivity index (χ0v) is 10.1. The van der Waals surface area contributed by atoms with Gasteiger partial charge in [-0.1, -0.05) is 11.6 Å². The van der Waals surface area contributed by atoms with Crippen LogP contribution in [0.1, 0.15) is 10.5 Å². The average Bonchev–Trinajstić information content (AvgIpc) is 2.38. The van der Waals surface area contributed by atoms with Crippen molar-refractivity contribution in [1.82, 2.24) is 9.97 Å². The topological polar surface area (TPSA) is 52.1 Å². The van der Waals surface area contributed by atoms with Crippen molar-refractivity contribution in [3.8, 4) is 11.4 Å². The molecule has 2 rings (SSSR count). The summed E-state index contributed by atoms with van der Waals surface area (Å²) < 4.78 is 17.4. The lowest BCUT2D eigenvalue weighted by molar-refractivity contribution is 0.0594. The van der Waals surface area contributed by atoms with Crippen molar-refractivity contribution in [2.45, 2.75) is 0 Å². The quantitative estimate of drug-likeness (QED) is 0.619. The fourth-order valence-corrected chi connectivity index (χ4v) is 1.54. The molecule has 0 bridgehead atoms. The number of hydrogen-bond donors (Lipinski definition) is 0. The van der Waals surface area contributed by atoms with E-state index in [4.69, 9.17) is 11.6 Å². The van der Waals surface area contributed by atoms with E-state index in [1.165, 1.54) is 37.4 Å². The van der Waals surface area contributed by atoms with Gasteiger partial charge >= 0.3 is 5.97 Å². The molecule has 0 atom stereocenters. The summed E-state index contributed by atoms with van der Waals surface area (Å²) in [5.41, 5.74) is 0.612. The van der Waals surface area contributed by atoms with Gasteiger partial charge in [-0.05, 0) is 24.3 Å². The van der Waals surface area contributed by atoms with E-state index in [0.717, 1.165) is 0 Å². The van der Waals surface area contributed by atoms with E-state index in [0.29, 0.717) is 5.56 Å². The van der Waals surface area contributed by atoms with Crippen LogP contribution in [0.2, 0.25) is 5.15 Å². The third kappa shape index (κ3) is 2.62. The molecule has 0 spiro atoms. The highest BCUT2D eigenvalue weighted by Crippen LogP contribution is 2.18. The smallest absolute Gasteiger partial charge is 0.356 e. The van der Waals surface area contributed by atoms with Crippen LogP contribution in [-0.2, 0) is 4.74 Å². The summed E-state index contributed by atoms with van der Waals surface area (Å²) in [4.78, 5) is 19.4. The molecule has 18 heavy (non-hydrogen) atoms. The molecule has 0 saturated heterocycles. The van der Waals surface area contributed by atoms with Gasteiger partial charge in [-0.15, -0.1) is 0 Å². The first kappa shape index (κ1) is 12.4. The molecule has 92 valence electrons. The van der Waals surface area contributed by atoms with Gasteiger partial charge in [-0.2, -0.15) is 0 Å². The number of hydrogen-bond acceptors (Lipinski definition) is 4. The largest absolute Gasteiger partial charge is 0.464 e. The molecule has 4 nitrogen and oxygen atoms in total. The standard InChI is InChI=1S/C12H8ClFN2O2/c1-18-12(17)9-6-10(13)16-11(15-9)7-2-4-8(14)5-3-7/h2-6H,1H3. The van der Waals surface area contributed by atoms with Crippen molar-refractivity contribution >= 4 is 17.6 Å². The van der Waals surface area contributed by atoms with Gasteiger partial charge in [0.25, 0.3) is 0 Å². The van der Waals surface area contributed by atoms with E-state index in [1.54, 1.807) is 0 Å².